The molecule has 0 atom stereocenters. The number of ether oxygens (including phenoxy) is 1. The molecule has 0 spiro atoms. The fourth-order valence-electron chi connectivity index (χ4n) is 1.43. The van der Waals surface area contributed by atoms with Gasteiger partial charge in [0.15, 0.2) is 0 Å². The van der Waals surface area contributed by atoms with E-state index in [1.165, 1.54) is 0 Å². The number of methoxy groups -OCH3 is 1. The molecule has 0 unspecified atom stereocenters. The lowest BCUT2D eigenvalue weighted by molar-refractivity contribution is 0.413. The Morgan fingerprint density at radius 3 is 2.94 bits per heavy atom. The minimum atomic E-state index is 0.594. The van der Waals surface area contributed by atoms with E-state index in [1.54, 1.807) is 25.8 Å². The highest BCUT2D eigenvalue weighted by molar-refractivity contribution is 7.71. The van der Waals surface area contributed by atoms with Crippen molar-refractivity contribution >= 4 is 12.2 Å². The molecule has 2 aromatic rings. The number of hydrogen-bond donors (Lipinski definition) is 1. The minimum Gasteiger partial charge on any atom is -0.495 e. The topological polar surface area (TPSA) is 50.8 Å². The number of rotatable bonds is 2. The van der Waals surface area contributed by atoms with Crippen molar-refractivity contribution in [2.45, 2.75) is 6.92 Å². The van der Waals surface area contributed by atoms with Gasteiger partial charge in [-0.1, -0.05) is 12.2 Å². The van der Waals surface area contributed by atoms with E-state index in [1.807, 2.05) is 13.0 Å². The normalized spacial score (nSPS) is 10.1. The maximum Gasteiger partial charge on any atom is 0.137 e. The lowest BCUT2D eigenvalue weighted by Crippen LogP contribution is -1.93. The van der Waals surface area contributed by atoms with Crippen LogP contribution >= 0.6 is 12.2 Å². The number of aromatic amines is 1. The zero-order valence-electron chi connectivity index (χ0n) is 9.02. The van der Waals surface area contributed by atoms with Crippen LogP contribution in [0.25, 0.3) is 11.3 Å². The summed E-state index contributed by atoms with van der Waals surface area (Å²) in [6.07, 6.45) is 5.01. The molecule has 0 bridgehead atoms. The summed E-state index contributed by atoms with van der Waals surface area (Å²) in [5.41, 5.74) is 2.80. The Kier molecular flexibility index (Phi) is 2.96. The minimum absolute atomic E-state index is 0.594. The molecule has 0 saturated heterocycles. The van der Waals surface area contributed by atoms with E-state index in [0.717, 1.165) is 16.8 Å². The average molecular weight is 233 g/mol. The quantitative estimate of drug-likeness (QED) is 0.810. The zero-order chi connectivity index (χ0) is 11.5. The SMILES string of the molecule is COc1cncc(-c2[nH]cnc(=S)c2C)c1. The van der Waals surface area contributed by atoms with Crippen molar-refractivity contribution < 1.29 is 4.74 Å². The summed E-state index contributed by atoms with van der Waals surface area (Å²) in [6, 6.07) is 1.90. The number of H-pyrrole nitrogens is 1. The maximum atomic E-state index is 5.13. The molecular weight excluding hydrogens is 222 g/mol. The largest absolute Gasteiger partial charge is 0.495 e. The number of aromatic nitrogens is 3. The second-order valence-corrected chi connectivity index (χ2v) is 3.71. The highest BCUT2D eigenvalue weighted by Gasteiger charge is 2.05. The Morgan fingerprint density at radius 2 is 2.19 bits per heavy atom. The molecule has 0 amide bonds. The molecular formula is C11H11N3OS. The van der Waals surface area contributed by atoms with Gasteiger partial charge in [-0.05, 0) is 13.0 Å². The van der Waals surface area contributed by atoms with Crippen molar-refractivity contribution in [1.82, 2.24) is 15.0 Å². The van der Waals surface area contributed by atoms with E-state index in [0.29, 0.717) is 10.4 Å². The fraction of sp³-hybridized carbons (Fsp3) is 0.182. The van der Waals surface area contributed by atoms with E-state index >= 15 is 0 Å². The molecule has 1 N–H and O–H groups in total. The van der Waals surface area contributed by atoms with Crippen LogP contribution in [0.1, 0.15) is 5.56 Å². The summed E-state index contributed by atoms with van der Waals surface area (Å²) in [7, 11) is 1.61. The first-order chi connectivity index (χ1) is 7.72. The third-order valence-corrected chi connectivity index (χ3v) is 2.74. The molecule has 0 fully saturated rings. The van der Waals surface area contributed by atoms with Gasteiger partial charge in [-0.15, -0.1) is 0 Å². The van der Waals surface area contributed by atoms with Gasteiger partial charge in [0, 0.05) is 17.3 Å². The molecule has 0 saturated carbocycles. The van der Waals surface area contributed by atoms with Crippen LogP contribution in [0.3, 0.4) is 0 Å². The van der Waals surface area contributed by atoms with Crippen LogP contribution in [0.2, 0.25) is 0 Å². The highest BCUT2D eigenvalue weighted by atomic mass is 32.1. The van der Waals surface area contributed by atoms with Gasteiger partial charge < -0.3 is 9.72 Å². The number of nitrogens with one attached hydrogen (secondary N) is 1. The third-order valence-electron chi connectivity index (χ3n) is 2.32. The maximum absolute atomic E-state index is 5.13. The van der Waals surface area contributed by atoms with Gasteiger partial charge in [0.2, 0.25) is 0 Å². The van der Waals surface area contributed by atoms with Crippen molar-refractivity contribution in [3.63, 3.8) is 0 Å². The molecule has 2 aromatic heterocycles. The molecule has 5 heteroatoms. The Labute approximate surface area is 98.3 Å². The third kappa shape index (κ3) is 1.94. The first-order valence-electron chi connectivity index (χ1n) is 4.76. The predicted octanol–water partition coefficient (Wildman–Crippen LogP) is 2.52. The number of nitrogens with zero attached hydrogens (tertiary/aromatic N) is 2. The van der Waals surface area contributed by atoms with E-state index in [-0.39, 0.29) is 0 Å². The zero-order valence-corrected chi connectivity index (χ0v) is 9.84. The molecule has 0 aliphatic rings. The average Bonchev–Trinajstić information content (AvgIpc) is 2.33. The van der Waals surface area contributed by atoms with Crippen molar-refractivity contribution in [2.24, 2.45) is 0 Å². The highest BCUT2D eigenvalue weighted by Crippen LogP contribution is 2.23. The van der Waals surface area contributed by atoms with Crippen molar-refractivity contribution in [1.29, 1.82) is 0 Å². The molecule has 2 heterocycles. The van der Waals surface area contributed by atoms with Gasteiger partial charge >= 0.3 is 0 Å². The van der Waals surface area contributed by atoms with E-state index in [9.17, 15) is 0 Å². The van der Waals surface area contributed by atoms with Crippen molar-refractivity contribution in [3.8, 4) is 17.0 Å². The summed E-state index contributed by atoms with van der Waals surface area (Å²) in [5, 5.41) is 0. The molecule has 4 nitrogen and oxygen atoms in total. The van der Waals surface area contributed by atoms with Crippen LogP contribution in [-0.4, -0.2) is 22.1 Å². The molecule has 2 rings (SSSR count). The number of pyridine rings is 1. The van der Waals surface area contributed by atoms with E-state index in [2.05, 4.69) is 15.0 Å². The van der Waals surface area contributed by atoms with Gasteiger partial charge in [-0.2, -0.15) is 0 Å². The Morgan fingerprint density at radius 1 is 1.38 bits per heavy atom. The summed E-state index contributed by atoms with van der Waals surface area (Å²) < 4.78 is 5.72. The van der Waals surface area contributed by atoms with Crippen LogP contribution < -0.4 is 4.74 Å². The fourth-order valence-corrected chi connectivity index (χ4v) is 1.59. The first-order valence-corrected chi connectivity index (χ1v) is 5.17. The van der Waals surface area contributed by atoms with Crippen LogP contribution in [0.5, 0.6) is 5.75 Å². The van der Waals surface area contributed by atoms with Crippen LogP contribution in [0.4, 0.5) is 0 Å². The van der Waals surface area contributed by atoms with Gasteiger partial charge in [-0.25, -0.2) is 4.98 Å². The molecule has 0 aliphatic carbocycles. The molecule has 82 valence electrons. The second kappa shape index (κ2) is 4.40. The Balaban J connectivity index is 2.58. The lowest BCUT2D eigenvalue weighted by atomic mass is 10.1. The van der Waals surface area contributed by atoms with Gasteiger partial charge in [0.25, 0.3) is 0 Å². The molecule has 0 aliphatic heterocycles. The lowest BCUT2D eigenvalue weighted by Gasteiger charge is -2.06. The van der Waals surface area contributed by atoms with Crippen LogP contribution in [0, 0.1) is 11.6 Å². The second-order valence-electron chi connectivity index (χ2n) is 3.32. The van der Waals surface area contributed by atoms with E-state index in [4.69, 9.17) is 17.0 Å². The van der Waals surface area contributed by atoms with Crippen LogP contribution in [-0.2, 0) is 0 Å². The van der Waals surface area contributed by atoms with Crippen LogP contribution in [0.15, 0.2) is 24.8 Å². The molecule has 16 heavy (non-hydrogen) atoms. The van der Waals surface area contributed by atoms with Gasteiger partial charge in [0.05, 0.1) is 25.3 Å². The Hall–Kier alpha value is -1.75. The monoisotopic (exact) mass is 233 g/mol. The smallest absolute Gasteiger partial charge is 0.137 e. The molecule has 0 radical (unpaired) electrons. The summed E-state index contributed by atoms with van der Waals surface area (Å²) in [5.74, 6) is 0.716. The first kappa shape index (κ1) is 10.8. The summed E-state index contributed by atoms with van der Waals surface area (Å²) >= 11 is 5.12. The summed E-state index contributed by atoms with van der Waals surface area (Å²) in [6.45, 7) is 1.93. The van der Waals surface area contributed by atoms with E-state index < -0.39 is 0 Å². The van der Waals surface area contributed by atoms with Gasteiger partial charge in [-0.3, -0.25) is 4.98 Å². The standard InChI is InChI=1S/C11H11N3OS/c1-7-10(13-6-14-11(7)16)8-3-9(15-2)5-12-4-8/h3-6H,1-2H3,(H,13,14,16). The van der Waals surface area contributed by atoms with Crippen molar-refractivity contribution in [3.05, 3.63) is 35.0 Å². The number of hydrogen-bond acceptors (Lipinski definition) is 4. The Bertz CT molecular complexity index is 565. The van der Waals surface area contributed by atoms with Crippen molar-refractivity contribution in [2.75, 3.05) is 7.11 Å². The predicted molar refractivity (Wildman–Crippen MR) is 63.9 cm³/mol. The summed E-state index contributed by atoms with van der Waals surface area (Å²) in [4.78, 5) is 11.2. The molecule has 0 aromatic carbocycles. The van der Waals surface area contributed by atoms with Gasteiger partial charge in [0.1, 0.15) is 10.4 Å².